The Balaban J connectivity index is 1.88. The molecule has 2 N–H and O–H groups in total. The molecule has 1 aromatic carbocycles. The molecular formula is C22H19N5OS2. The van der Waals surface area contributed by atoms with E-state index in [-0.39, 0.29) is 5.78 Å². The topological polar surface area (TPSA) is 95.9 Å². The van der Waals surface area contributed by atoms with Crippen molar-refractivity contribution in [2.75, 3.05) is 10.7 Å². The van der Waals surface area contributed by atoms with Crippen LogP contribution in [0.5, 0.6) is 0 Å². The molecule has 2 aliphatic rings. The fourth-order valence-corrected chi connectivity index (χ4v) is 5.50. The van der Waals surface area contributed by atoms with Crippen LogP contribution in [0, 0.1) is 30.6 Å². The molecule has 2 aromatic rings. The average Bonchev–Trinajstić information content (AvgIpc) is 3.20. The predicted molar refractivity (Wildman–Crippen MR) is 119 cm³/mol. The summed E-state index contributed by atoms with van der Waals surface area (Å²) in [7, 11) is 0. The maximum Gasteiger partial charge on any atom is 0.219 e. The molecule has 0 spiro atoms. The highest BCUT2D eigenvalue weighted by Crippen LogP contribution is 2.47. The van der Waals surface area contributed by atoms with Gasteiger partial charge in [-0.25, -0.2) is 0 Å². The van der Waals surface area contributed by atoms with Gasteiger partial charge in [0.2, 0.25) is 5.13 Å². The van der Waals surface area contributed by atoms with Crippen molar-refractivity contribution in [2.45, 2.75) is 36.4 Å². The van der Waals surface area contributed by atoms with E-state index in [0.29, 0.717) is 40.7 Å². The van der Waals surface area contributed by atoms with Crippen LogP contribution in [0.25, 0.3) is 0 Å². The number of nitrogens with two attached hydrogens (primary N) is 1. The van der Waals surface area contributed by atoms with Gasteiger partial charge in [0.15, 0.2) is 10.1 Å². The minimum absolute atomic E-state index is 0.0550. The van der Waals surface area contributed by atoms with E-state index in [0.717, 1.165) is 27.6 Å². The summed E-state index contributed by atoms with van der Waals surface area (Å²) in [6.45, 7) is 1.99. The number of hydrogen-bond acceptors (Lipinski definition) is 8. The number of anilines is 1. The number of carbonyl (C=O) groups is 1. The van der Waals surface area contributed by atoms with Crippen LogP contribution in [0.1, 0.15) is 36.3 Å². The quantitative estimate of drug-likeness (QED) is 0.577. The number of allylic oxidation sites excluding steroid dienone is 3. The number of ketones is 1. The first-order valence-corrected chi connectivity index (χ1v) is 11.3. The molecule has 0 saturated carbocycles. The number of terminal acetylenes is 1. The number of benzene rings is 1. The fourth-order valence-electron chi connectivity index (χ4n) is 3.94. The predicted octanol–water partition coefficient (Wildman–Crippen LogP) is 3.88. The van der Waals surface area contributed by atoms with Crippen molar-refractivity contribution < 1.29 is 4.79 Å². The molecule has 0 radical (unpaired) electrons. The van der Waals surface area contributed by atoms with Crippen LogP contribution in [0.4, 0.5) is 5.13 Å². The van der Waals surface area contributed by atoms with Crippen molar-refractivity contribution in [3.8, 4) is 18.4 Å². The second-order valence-corrected chi connectivity index (χ2v) is 9.25. The third-order valence-corrected chi connectivity index (χ3v) is 7.10. The molecule has 150 valence electrons. The Morgan fingerprint density at radius 2 is 2.23 bits per heavy atom. The highest BCUT2D eigenvalue weighted by atomic mass is 32.2. The number of aromatic nitrogens is 2. The normalized spacial score (nSPS) is 18.8. The number of nitrogens with zero attached hydrogens (tertiary/aromatic N) is 4. The van der Waals surface area contributed by atoms with E-state index in [1.54, 1.807) is 4.90 Å². The first-order chi connectivity index (χ1) is 14.5. The number of aryl methyl sites for hydroxylation is 1. The molecule has 6 nitrogen and oxygen atoms in total. The lowest BCUT2D eigenvalue weighted by Gasteiger charge is -2.38. The zero-order valence-corrected chi connectivity index (χ0v) is 18.0. The maximum absolute atomic E-state index is 13.1. The number of hydrogen-bond donors (Lipinski definition) is 1. The minimum atomic E-state index is -0.461. The summed E-state index contributed by atoms with van der Waals surface area (Å²) in [6, 6.07) is 10.2. The molecule has 1 aliphatic carbocycles. The van der Waals surface area contributed by atoms with Gasteiger partial charge in [-0.3, -0.25) is 9.69 Å². The molecule has 4 rings (SSSR count). The number of nitriles is 1. The van der Waals surface area contributed by atoms with E-state index in [1.807, 2.05) is 31.2 Å². The van der Waals surface area contributed by atoms with Crippen LogP contribution in [0.2, 0.25) is 0 Å². The molecule has 2 heterocycles. The van der Waals surface area contributed by atoms with Gasteiger partial charge in [0.25, 0.3) is 0 Å². The van der Waals surface area contributed by atoms with Crippen molar-refractivity contribution in [1.29, 1.82) is 5.26 Å². The molecule has 0 amide bonds. The largest absolute Gasteiger partial charge is 0.384 e. The van der Waals surface area contributed by atoms with E-state index in [9.17, 15) is 10.1 Å². The molecule has 0 bridgehead atoms. The molecule has 1 aromatic heterocycles. The van der Waals surface area contributed by atoms with E-state index < -0.39 is 5.92 Å². The monoisotopic (exact) mass is 433 g/mol. The van der Waals surface area contributed by atoms with Gasteiger partial charge < -0.3 is 5.73 Å². The van der Waals surface area contributed by atoms with Gasteiger partial charge in [0.05, 0.1) is 23.3 Å². The summed E-state index contributed by atoms with van der Waals surface area (Å²) in [5.74, 6) is 2.96. The molecule has 1 atom stereocenters. The fraction of sp³-hybridized carbons (Fsp3) is 0.273. The summed E-state index contributed by atoms with van der Waals surface area (Å²) in [5, 5.41) is 19.0. The third-order valence-electron chi connectivity index (χ3n) is 5.15. The molecule has 0 fully saturated rings. The summed E-state index contributed by atoms with van der Waals surface area (Å²) in [4.78, 5) is 14.8. The van der Waals surface area contributed by atoms with Crippen molar-refractivity contribution in [3.63, 3.8) is 0 Å². The lowest BCUT2D eigenvalue weighted by molar-refractivity contribution is -0.116. The zero-order valence-electron chi connectivity index (χ0n) is 16.4. The lowest BCUT2D eigenvalue weighted by atomic mass is 9.75. The van der Waals surface area contributed by atoms with Crippen LogP contribution in [-0.4, -0.2) is 21.7 Å². The molecule has 1 aliphatic heterocycles. The van der Waals surface area contributed by atoms with Crippen LogP contribution in [0.3, 0.4) is 0 Å². The van der Waals surface area contributed by atoms with Gasteiger partial charge in [-0.2, -0.15) is 5.26 Å². The number of carbonyl (C=O) groups excluding carboxylic acids is 1. The Morgan fingerprint density at radius 1 is 1.40 bits per heavy atom. The number of thioether (sulfide) groups is 1. The Morgan fingerprint density at radius 3 is 2.97 bits per heavy atom. The summed E-state index contributed by atoms with van der Waals surface area (Å²) >= 11 is 2.77. The highest BCUT2D eigenvalue weighted by molar-refractivity contribution is 8.01. The van der Waals surface area contributed by atoms with Crippen LogP contribution >= 0.6 is 23.1 Å². The van der Waals surface area contributed by atoms with E-state index in [4.69, 9.17) is 12.2 Å². The Bertz CT molecular complexity index is 1160. The van der Waals surface area contributed by atoms with Gasteiger partial charge >= 0.3 is 0 Å². The Hall–Kier alpha value is -3.07. The summed E-state index contributed by atoms with van der Waals surface area (Å²) in [5.41, 5.74) is 10.3. The SMILES string of the molecule is C#CCSc1nnc(N2C(N)=C(C#N)C(c3cccc(C)c3)C3=C2CCCC3=O)s1. The van der Waals surface area contributed by atoms with Crippen LogP contribution in [-0.2, 0) is 4.79 Å². The maximum atomic E-state index is 13.1. The first kappa shape index (κ1) is 20.2. The molecule has 8 heteroatoms. The average molecular weight is 434 g/mol. The van der Waals surface area contributed by atoms with Gasteiger partial charge in [0, 0.05) is 17.7 Å². The van der Waals surface area contributed by atoms with Gasteiger partial charge in [0.1, 0.15) is 5.82 Å². The summed E-state index contributed by atoms with van der Waals surface area (Å²) < 4.78 is 0.722. The van der Waals surface area contributed by atoms with Gasteiger partial charge in [-0.15, -0.1) is 16.6 Å². The molecular weight excluding hydrogens is 414 g/mol. The zero-order chi connectivity index (χ0) is 21.3. The third kappa shape index (κ3) is 3.49. The van der Waals surface area contributed by atoms with Crippen LogP contribution < -0.4 is 10.6 Å². The van der Waals surface area contributed by atoms with Crippen molar-refractivity contribution >= 4 is 34.0 Å². The minimum Gasteiger partial charge on any atom is -0.384 e. The first-order valence-electron chi connectivity index (χ1n) is 9.47. The molecule has 1 unspecified atom stereocenters. The van der Waals surface area contributed by atoms with E-state index in [2.05, 4.69) is 22.2 Å². The smallest absolute Gasteiger partial charge is 0.219 e. The second kappa shape index (κ2) is 8.35. The lowest BCUT2D eigenvalue weighted by Crippen LogP contribution is -2.38. The summed E-state index contributed by atoms with van der Waals surface area (Å²) in [6.07, 6.45) is 7.23. The van der Waals surface area contributed by atoms with Gasteiger partial charge in [-0.1, -0.05) is 58.8 Å². The van der Waals surface area contributed by atoms with E-state index in [1.165, 1.54) is 23.1 Å². The van der Waals surface area contributed by atoms with Crippen molar-refractivity contribution in [1.82, 2.24) is 10.2 Å². The number of Topliss-reactive ketones (excluding diaryl/α,β-unsaturated/α-hetero) is 1. The van der Waals surface area contributed by atoms with E-state index >= 15 is 0 Å². The van der Waals surface area contributed by atoms with Crippen molar-refractivity contribution in [2.24, 2.45) is 5.73 Å². The highest BCUT2D eigenvalue weighted by Gasteiger charge is 2.41. The Kier molecular flexibility index (Phi) is 5.63. The standard InChI is InChI=1S/C22H19N5OS2/c1-3-10-29-22-26-25-21(30-22)27-16-8-5-9-17(28)19(16)18(15(12-23)20(27)24)14-7-4-6-13(2)11-14/h1,4,6-7,11,18H,5,8-10,24H2,2H3. The van der Waals surface area contributed by atoms with Crippen molar-refractivity contribution in [3.05, 3.63) is 58.1 Å². The Labute approximate surface area is 183 Å². The molecule has 30 heavy (non-hydrogen) atoms. The second-order valence-electron chi connectivity index (χ2n) is 7.07. The van der Waals surface area contributed by atoms with Crippen LogP contribution in [0.15, 0.2) is 51.3 Å². The number of rotatable bonds is 4. The van der Waals surface area contributed by atoms with Gasteiger partial charge in [-0.05, 0) is 25.3 Å². The molecule has 0 saturated heterocycles.